The topological polar surface area (TPSA) is 29.5 Å². The van der Waals surface area contributed by atoms with Gasteiger partial charge >= 0.3 is 6.18 Å². The van der Waals surface area contributed by atoms with E-state index in [2.05, 4.69) is 0 Å². The lowest BCUT2D eigenvalue weighted by atomic mass is 10.1. The summed E-state index contributed by atoms with van der Waals surface area (Å²) in [5.74, 6) is 0.630. The van der Waals surface area contributed by atoms with Crippen molar-refractivity contribution < 1.29 is 23.0 Å². The summed E-state index contributed by atoms with van der Waals surface area (Å²) < 4.78 is 44.4. The Labute approximate surface area is 120 Å². The molecule has 0 aliphatic rings. The summed E-state index contributed by atoms with van der Waals surface area (Å²) in [7, 11) is 0. The minimum atomic E-state index is -4.53. The summed E-state index contributed by atoms with van der Waals surface area (Å²) in [4.78, 5) is 0. The van der Waals surface area contributed by atoms with Crippen LogP contribution in [0.2, 0.25) is 0 Å². The van der Waals surface area contributed by atoms with Crippen molar-refractivity contribution in [3.8, 4) is 11.5 Å². The Kier molecular flexibility index (Phi) is 4.53. The second-order valence-electron chi connectivity index (χ2n) is 4.54. The number of rotatable bonds is 4. The van der Waals surface area contributed by atoms with E-state index in [1.54, 1.807) is 12.1 Å². The first-order valence-electron chi connectivity index (χ1n) is 6.52. The van der Waals surface area contributed by atoms with Crippen LogP contribution in [0.25, 0.3) is 0 Å². The quantitative estimate of drug-likeness (QED) is 0.896. The molecule has 0 amide bonds. The number of hydrogen-bond acceptors (Lipinski definition) is 2. The van der Waals surface area contributed by atoms with E-state index < -0.39 is 18.3 Å². The van der Waals surface area contributed by atoms with Gasteiger partial charge < -0.3 is 9.84 Å². The molecule has 2 aromatic carbocycles. The maximum absolute atomic E-state index is 12.9. The van der Waals surface area contributed by atoms with Gasteiger partial charge in [-0.2, -0.15) is 13.2 Å². The second-order valence-corrected chi connectivity index (χ2v) is 4.54. The molecule has 21 heavy (non-hydrogen) atoms. The Hall–Kier alpha value is -2.01. The highest BCUT2D eigenvalue weighted by molar-refractivity contribution is 5.42. The Morgan fingerprint density at radius 2 is 1.76 bits per heavy atom. The third-order valence-corrected chi connectivity index (χ3v) is 3.14. The largest absolute Gasteiger partial charge is 0.457 e. The van der Waals surface area contributed by atoms with E-state index in [0.717, 1.165) is 18.1 Å². The summed E-state index contributed by atoms with van der Waals surface area (Å²) in [6.07, 6.45) is -3.81. The van der Waals surface area contributed by atoms with Gasteiger partial charge in [0, 0.05) is 0 Å². The van der Waals surface area contributed by atoms with Gasteiger partial charge in [-0.3, -0.25) is 0 Å². The third-order valence-electron chi connectivity index (χ3n) is 3.14. The summed E-state index contributed by atoms with van der Waals surface area (Å²) in [6.45, 7) is 1.28. The van der Waals surface area contributed by atoms with Gasteiger partial charge in [0.05, 0.1) is 12.2 Å². The molecule has 0 radical (unpaired) electrons. The van der Waals surface area contributed by atoms with Crippen LogP contribution in [0.5, 0.6) is 11.5 Å². The van der Waals surface area contributed by atoms with Crippen molar-refractivity contribution in [3.63, 3.8) is 0 Å². The molecule has 1 N–H and O–H groups in total. The minimum Gasteiger partial charge on any atom is -0.457 e. The SMILES string of the molecule is CCc1ccccc1Oc1ccc(CO)c(C(F)(F)F)c1. The molecule has 0 aliphatic carbocycles. The van der Waals surface area contributed by atoms with Gasteiger partial charge in [-0.25, -0.2) is 0 Å². The minimum absolute atomic E-state index is 0.0976. The van der Waals surface area contributed by atoms with Crippen LogP contribution in [0.1, 0.15) is 23.6 Å². The van der Waals surface area contributed by atoms with Gasteiger partial charge in [0.1, 0.15) is 11.5 Å². The Morgan fingerprint density at radius 3 is 2.38 bits per heavy atom. The van der Waals surface area contributed by atoms with Crippen molar-refractivity contribution in [1.82, 2.24) is 0 Å². The number of aryl methyl sites for hydroxylation is 1. The molecule has 0 spiro atoms. The highest BCUT2D eigenvalue weighted by Gasteiger charge is 2.33. The zero-order valence-electron chi connectivity index (χ0n) is 11.4. The maximum atomic E-state index is 12.9. The zero-order valence-corrected chi connectivity index (χ0v) is 11.4. The normalized spacial score (nSPS) is 11.5. The lowest BCUT2D eigenvalue weighted by Gasteiger charge is -2.15. The predicted molar refractivity (Wildman–Crippen MR) is 73.3 cm³/mol. The summed E-state index contributed by atoms with van der Waals surface area (Å²) in [5, 5.41) is 9.00. The first-order chi connectivity index (χ1) is 9.95. The Bertz CT molecular complexity index is 621. The van der Waals surface area contributed by atoms with Crippen LogP contribution >= 0.6 is 0 Å². The van der Waals surface area contributed by atoms with Crippen LogP contribution in [-0.2, 0) is 19.2 Å². The van der Waals surface area contributed by atoms with Gasteiger partial charge in [0.2, 0.25) is 0 Å². The van der Waals surface area contributed by atoms with E-state index in [0.29, 0.717) is 5.75 Å². The molecule has 0 saturated heterocycles. The number of alkyl halides is 3. The highest BCUT2D eigenvalue weighted by atomic mass is 19.4. The van der Waals surface area contributed by atoms with Gasteiger partial charge in [-0.15, -0.1) is 0 Å². The molecule has 0 aromatic heterocycles. The standard InChI is InChI=1S/C16H15F3O2/c1-2-11-5-3-4-6-15(11)21-13-8-7-12(10-20)14(9-13)16(17,18)19/h3-9,20H,2,10H2,1H3. The molecule has 0 aliphatic heterocycles. The number of ether oxygens (including phenoxy) is 1. The smallest absolute Gasteiger partial charge is 0.416 e. The zero-order chi connectivity index (χ0) is 15.5. The monoisotopic (exact) mass is 296 g/mol. The van der Waals surface area contributed by atoms with Crippen molar-refractivity contribution in [2.24, 2.45) is 0 Å². The molecule has 2 rings (SSSR count). The first-order valence-corrected chi connectivity index (χ1v) is 6.52. The number of hydrogen-bond donors (Lipinski definition) is 1. The molecule has 2 nitrogen and oxygen atoms in total. The van der Waals surface area contributed by atoms with Crippen LogP contribution in [0, 0.1) is 0 Å². The average molecular weight is 296 g/mol. The molecule has 5 heteroatoms. The molecule has 0 unspecified atom stereocenters. The van der Waals surface area contributed by atoms with Gasteiger partial charge in [-0.05, 0) is 35.7 Å². The molecule has 0 bridgehead atoms. The average Bonchev–Trinajstić information content (AvgIpc) is 2.47. The van der Waals surface area contributed by atoms with Crippen LogP contribution in [0.4, 0.5) is 13.2 Å². The highest BCUT2D eigenvalue weighted by Crippen LogP contribution is 2.36. The number of aliphatic hydroxyl groups excluding tert-OH is 1. The van der Waals surface area contributed by atoms with E-state index in [1.165, 1.54) is 12.1 Å². The molecular formula is C16H15F3O2. The number of halogens is 3. The van der Waals surface area contributed by atoms with E-state index in [-0.39, 0.29) is 11.3 Å². The first kappa shape index (κ1) is 15.4. The van der Waals surface area contributed by atoms with Gasteiger partial charge in [0.15, 0.2) is 0 Å². The van der Waals surface area contributed by atoms with Crippen molar-refractivity contribution in [3.05, 3.63) is 59.2 Å². The molecular weight excluding hydrogens is 281 g/mol. The number of benzene rings is 2. The van der Waals surface area contributed by atoms with Crippen molar-refractivity contribution in [1.29, 1.82) is 0 Å². The van der Waals surface area contributed by atoms with Crippen LogP contribution in [-0.4, -0.2) is 5.11 Å². The molecule has 0 saturated carbocycles. The van der Waals surface area contributed by atoms with Gasteiger partial charge in [0.25, 0.3) is 0 Å². The summed E-state index contributed by atoms with van der Waals surface area (Å²) in [5.41, 5.74) is -0.132. The van der Waals surface area contributed by atoms with Crippen LogP contribution in [0.3, 0.4) is 0 Å². The van der Waals surface area contributed by atoms with E-state index in [9.17, 15) is 13.2 Å². The molecule has 0 atom stereocenters. The number of aliphatic hydroxyl groups is 1. The molecule has 0 fully saturated rings. The Morgan fingerprint density at radius 1 is 1.05 bits per heavy atom. The Balaban J connectivity index is 2.37. The molecule has 2 aromatic rings. The third kappa shape index (κ3) is 3.55. The van der Waals surface area contributed by atoms with E-state index in [1.807, 2.05) is 19.1 Å². The fourth-order valence-electron chi connectivity index (χ4n) is 2.04. The second kappa shape index (κ2) is 6.18. The predicted octanol–water partition coefficient (Wildman–Crippen LogP) is 4.55. The summed E-state index contributed by atoms with van der Waals surface area (Å²) in [6, 6.07) is 10.8. The van der Waals surface area contributed by atoms with Crippen LogP contribution < -0.4 is 4.74 Å². The lowest BCUT2D eigenvalue weighted by Crippen LogP contribution is -2.09. The lowest BCUT2D eigenvalue weighted by molar-refractivity contribution is -0.138. The molecule has 112 valence electrons. The molecule has 0 heterocycles. The van der Waals surface area contributed by atoms with Crippen molar-refractivity contribution >= 4 is 0 Å². The van der Waals surface area contributed by atoms with E-state index >= 15 is 0 Å². The van der Waals surface area contributed by atoms with E-state index in [4.69, 9.17) is 9.84 Å². The number of para-hydroxylation sites is 1. The fraction of sp³-hybridized carbons (Fsp3) is 0.250. The summed E-state index contributed by atoms with van der Waals surface area (Å²) >= 11 is 0. The fourth-order valence-corrected chi connectivity index (χ4v) is 2.04. The maximum Gasteiger partial charge on any atom is 0.416 e. The van der Waals surface area contributed by atoms with Gasteiger partial charge in [-0.1, -0.05) is 31.2 Å². The van der Waals surface area contributed by atoms with Crippen molar-refractivity contribution in [2.75, 3.05) is 0 Å². The van der Waals surface area contributed by atoms with Crippen molar-refractivity contribution in [2.45, 2.75) is 26.1 Å². The van der Waals surface area contributed by atoms with Crippen LogP contribution in [0.15, 0.2) is 42.5 Å².